The molecule has 20 heavy (non-hydrogen) atoms. The van der Waals surface area contributed by atoms with Crippen molar-refractivity contribution in [3.8, 4) is 5.75 Å². The van der Waals surface area contributed by atoms with Crippen molar-refractivity contribution in [3.63, 3.8) is 0 Å². The molecule has 0 atom stereocenters. The predicted molar refractivity (Wildman–Crippen MR) is 80.7 cm³/mol. The fourth-order valence-corrected chi connectivity index (χ4v) is 3.38. The molecule has 1 N–H and O–H groups in total. The number of benzene rings is 1. The minimum atomic E-state index is -3.80. The van der Waals surface area contributed by atoms with E-state index >= 15 is 0 Å². The summed E-state index contributed by atoms with van der Waals surface area (Å²) in [5.41, 5.74) is 0.366. The first-order valence-corrected chi connectivity index (χ1v) is 8.05. The lowest BCUT2D eigenvalue weighted by Crippen LogP contribution is -2.13. The smallest absolute Gasteiger partial charge is 0.264 e. The minimum absolute atomic E-state index is 0.0800. The third-order valence-electron chi connectivity index (χ3n) is 2.43. The van der Waals surface area contributed by atoms with E-state index in [1.165, 1.54) is 25.6 Å². The van der Waals surface area contributed by atoms with Crippen LogP contribution >= 0.6 is 27.5 Å². The monoisotopic (exact) mass is 376 g/mol. The van der Waals surface area contributed by atoms with Gasteiger partial charge in [0.1, 0.15) is 10.6 Å². The fourth-order valence-electron chi connectivity index (χ4n) is 1.49. The summed E-state index contributed by atoms with van der Waals surface area (Å²) in [4.78, 5) is 3.69. The zero-order valence-electron chi connectivity index (χ0n) is 10.3. The number of methoxy groups -OCH3 is 1. The number of rotatable bonds is 4. The van der Waals surface area contributed by atoms with E-state index in [1.54, 1.807) is 18.2 Å². The van der Waals surface area contributed by atoms with Crippen LogP contribution in [0.2, 0.25) is 5.02 Å². The molecule has 0 saturated carbocycles. The van der Waals surface area contributed by atoms with E-state index in [0.717, 1.165) is 4.47 Å². The van der Waals surface area contributed by atoms with Gasteiger partial charge < -0.3 is 4.74 Å². The molecule has 0 radical (unpaired) electrons. The van der Waals surface area contributed by atoms with E-state index in [9.17, 15) is 8.42 Å². The molecule has 106 valence electrons. The Bertz CT molecular complexity index is 737. The maximum absolute atomic E-state index is 12.2. The average Bonchev–Trinajstić information content (AvgIpc) is 2.41. The molecule has 0 saturated heterocycles. The Hall–Kier alpha value is -1.31. The van der Waals surface area contributed by atoms with Gasteiger partial charge in [-0.2, -0.15) is 0 Å². The predicted octanol–water partition coefficient (Wildman–Crippen LogP) is 3.31. The molecule has 0 amide bonds. The van der Waals surface area contributed by atoms with Gasteiger partial charge in [-0.15, -0.1) is 0 Å². The van der Waals surface area contributed by atoms with Crippen LogP contribution in [0.25, 0.3) is 0 Å². The lowest BCUT2D eigenvalue weighted by Gasteiger charge is -2.10. The van der Waals surface area contributed by atoms with Crippen LogP contribution in [-0.2, 0) is 10.0 Å². The van der Waals surface area contributed by atoms with Gasteiger partial charge in [0.2, 0.25) is 0 Å². The molecule has 2 aromatic rings. The van der Waals surface area contributed by atoms with Crippen molar-refractivity contribution in [2.75, 3.05) is 11.8 Å². The standard InChI is InChI=1S/C12H10BrClN2O3S/c1-19-11-6-8(2-3-9(11)13)16-20(17,18)12-7-15-5-4-10(12)14/h2-7,16H,1H3. The lowest BCUT2D eigenvalue weighted by atomic mass is 10.3. The van der Waals surface area contributed by atoms with Crippen molar-refractivity contribution < 1.29 is 13.2 Å². The SMILES string of the molecule is COc1cc(NS(=O)(=O)c2cnccc2Cl)ccc1Br. The summed E-state index contributed by atoms with van der Waals surface area (Å²) in [7, 11) is -2.30. The number of anilines is 1. The largest absolute Gasteiger partial charge is 0.495 e. The van der Waals surface area contributed by atoms with Gasteiger partial charge in [0.05, 0.1) is 22.3 Å². The molecule has 2 rings (SSSR count). The molecule has 0 fully saturated rings. The molecule has 1 aromatic carbocycles. The quantitative estimate of drug-likeness (QED) is 0.887. The van der Waals surface area contributed by atoms with Crippen LogP contribution in [0.5, 0.6) is 5.75 Å². The summed E-state index contributed by atoms with van der Waals surface area (Å²) in [5, 5.41) is 0.108. The van der Waals surface area contributed by atoms with E-state index in [0.29, 0.717) is 11.4 Å². The number of pyridine rings is 1. The first-order chi connectivity index (χ1) is 9.44. The van der Waals surface area contributed by atoms with Gasteiger partial charge in [0.15, 0.2) is 0 Å². The van der Waals surface area contributed by atoms with Crippen molar-refractivity contribution in [2.45, 2.75) is 4.90 Å². The van der Waals surface area contributed by atoms with Crippen LogP contribution in [0.3, 0.4) is 0 Å². The van der Waals surface area contributed by atoms with Crippen LogP contribution in [0.15, 0.2) is 46.0 Å². The normalized spacial score (nSPS) is 11.2. The molecule has 0 bridgehead atoms. The second kappa shape index (κ2) is 5.99. The molecule has 0 aliphatic carbocycles. The summed E-state index contributed by atoms with van der Waals surface area (Å²) in [6.07, 6.45) is 2.62. The molecule has 0 unspecified atom stereocenters. The fraction of sp³-hybridized carbons (Fsp3) is 0.0833. The molecule has 5 nitrogen and oxygen atoms in total. The van der Waals surface area contributed by atoms with E-state index in [-0.39, 0.29) is 9.92 Å². The number of hydrogen-bond donors (Lipinski definition) is 1. The Morgan fingerprint density at radius 1 is 1.35 bits per heavy atom. The summed E-state index contributed by atoms with van der Waals surface area (Å²) in [6.45, 7) is 0. The summed E-state index contributed by atoms with van der Waals surface area (Å²) in [6, 6.07) is 6.26. The van der Waals surface area contributed by atoms with Crippen molar-refractivity contribution in [1.82, 2.24) is 4.98 Å². The van der Waals surface area contributed by atoms with E-state index in [4.69, 9.17) is 16.3 Å². The van der Waals surface area contributed by atoms with Gasteiger partial charge in [-0.3, -0.25) is 9.71 Å². The van der Waals surface area contributed by atoms with Crippen LogP contribution in [-0.4, -0.2) is 20.5 Å². The van der Waals surface area contributed by atoms with E-state index in [1.807, 2.05) is 0 Å². The van der Waals surface area contributed by atoms with Crippen LogP contribution < -0.4 is 9.46 Å². The van der Waals surface area contributed by atoms with E-state index in [2.05, 4.69) is 25.6 Å². The van der Waals surface area contributed by atoms with Gasteiger partial charge in [0, 0.05) is 18.5 Å². The maximum atomic E-state index is 12.2. The maximum Gasteiger partial charge on any atom is 0.264 e. The molecule has 0 aliphatic rings. The highest BCUT2D eigenvalue weighted by molar-refractivity contribution is 9.10. The Kier molecular flexibility index (Phi) is 4.52. The number of aromatic nitrogens is 1. The molecule has 1 heterocycles. The second-order valence-corrected chi connectivity index (χ2v) is 6.67. The zero-order chi connectivity index (χ0) is 14.8. The molecular weight excluding hydrogens is 368 g/mol. The molecule has 0 aliphatic heterocycles. The third kappa shape index (κ3) is 3.23. The number of sulfonamides is 1. The van der Waals surface area contributed by atoms with E-state index < -0.39 is 10.0 Å². The number of ether oxygens (including phenoxy) is 1. The highest BCUT2D eigenvalue weighted by Crippen LogP contribution is 2.29. The van der Waals surface area contributed by atoms with Crippen molar-refractivity contribution in [3.05, 3.63) is 46.2 Å². The van der Waals surface area contributed by atoms with Crippen LogP contribution in [0, 0.1) is 0 Å². The first kappa shape index (κ1) is 15.1. The Labute approximate surface area is 130 Å². The Morgan fingerprint density at radius 2 is 2.10 bits per heavy atom. The molecule has 0 spiro atoms. The van der Waals surface area contributed by atoms with Crippen LogP contribution in [0.4, 0.5) is 5.69 Å². The van der Waals surface area contributed by atoms with Crippen molar-refractivity contribution in [1.29, 1.82) is 0 Å². The number of hydrogen-bond acceptors (Lipinski definition) is 4. The van der Waals surface area contributed by atoms with Gasteiger partial charge >= 0.3 is 0 Å². The third-order valence-corrected chi connectivity index (χ3v) is 4.93. The van der Waals surface area contributed by atoms with Gasteiger partial charge in [-0.05, 0) is 34.1 Å². The summed E-state index contributed by atoms with van der Waals surface area (Å²) < 4.78 is 32.7. The zero-order valence-corrected chi connectivity index (χ0v) is 13.5. The average molecular weight is 378 g/mol. The highest BCUT2D eigenvalue weighted by atomic mass is 79.9. The Balaban J connectivity index is 2.36. The van der Waals surface area contributed by atoms with Crippen molar-refractivity contribution in [2.24, 2.45) is 0 Å². The van der Waals surface area contributed by atoms with Gasteiger partial charge in [0.25, 0.3) is 10.0 Å². The van der Waals surface area contributed by atoms with Crippen molar-refractivity contribution >= 4 is 43.2 Å². The summed E-state index contributed by atoms with van der Waals surface area (Å²) >= 11 is 9.16. The first-order valence-electron chi connectivity index (χ1n) is 5.40. The number of nitrogens with one attached hydrogen (secondary N) is 1. The Morgan fingerprint density at radius 3 is 2.75 bits per heavy atom. The topological polar surface area (TPSA) is 68.3 Å². The lowest BCUT2D eigenvalue weighted by molar-refractivity contribution is 0.412. The molecule has 1 aromatic heterocycles. The molecule has 8 heteroatoms. The minimum Gasteiger partial charge on any atom is -0.495 e. The highest BCUT2D eigenvalue weighted by Gasteiger charge is 2.18. The number of halogens is 2. The van der Waals surface area contributed by atoms with Crippen LogP contribution in [0.1, 0.15) is 0 Å². The van der Waals surface area contributed by atoms with Gasteiger partial charge in [-0.1, -0.05) is 11.6 Å². The number of nitrogens with zero attached hydrogens (tertiary/aromatic N) is 1. The van der Waals surface area contributed by atoms with Gasteiger partial charge in [-0.25, -0.2) is 8.42 Å². The summed E-state index contributed by atoms with van der Waals surface area (Å²) in [5.74, 6) is 0.516. The second-order valence-electron chi connectivity index (χ2n) is 3.76. The molecular formula is C12H10BrClN2O3S.